The fraction of sp³-hybridized carbons (Fsp3) is 0.515. The third-order valence-electron chi connectivity index (χ3n) is 9.48. The molecule has 2 saturated heterocycles. The molecule has 2 aliphatic heterocycles. The molecular formula is C33H41N3O2S. The molecule has 1 aliphatic carbocycles. The Hall–Kier alpha value is -2.54. The Bertz CT molecular complexity index is 1200. The number of thiazole rings is 1. The summed E-state index contributed by atoms with van der Waals surface area (Å²) in [6.45, 7) is 4.98. The quantitative estimate of drug-likeness (QED) is 0.341. The molecule has 3 aliphatic rings. The second-order valence-corrected chi connectivity index (χ2v) is 12.8. The number of hydrogen-bond donors (Lipinski definition) is 1. The van der Waals surface area contributed by atoms with Crippen LogP contribution in [-0.2, 0) is 4.79 Å². The van der Waals surface area contributed by atoms with Crippen LogP contribution in [0.5, 0.6) is 0 Å². The fourth-order valence-corrected chi connectivity index (χ4v) is 8.34. The number of likely N-dealkylation sites (tertiary alicyclic amines) is 2. The van der Waals surface area contributed by atoms with Gasteiger partial charge in [-0.05, 0) is 56.2 Å². The van der Waals surface area contributed by atoms with Crippen LogP contribution in [0.15, 0.2) is 66.0 Å². The minimum absolute atomic E-state index is 0.293. The zero-order valence-corrected chi connectivity index (χ0v) is 23.6. The predicted octanol–water partition coefficient (Wildman–Crippen LogP) is 6.74. The molecule has 1 aromatic heterocycles. The third kappa shape index (κ3) is 6.13. The van der Waals surface area contributed by atoms with Crippen molar-refractivity contribution in [3.05, 3.63) is 77.3 Å². The van der Waals surface area contributed by atoms with Crippen molar-refractivity contribution < 1.29 is 9.90 Å². The molecule has 0 radical (unpaired) electrons. The molecule has 2 aromatic carbocycles. The van der Waals surface area contributed by atoms with Gasteiger partial charge in [-0.15, -0.1) is 11.3 Å². The molecule has 3 heterocycles. The Labute approximate surface area is 236 Å². The summed E-state index contributed by atoms with van der Waals surface area (Å²) in [6, 6.07) is 21.0. The van der Waals surface area contributed by atoms with Crippen LogP contribution in [0.4, 0.5) is 0 Å². The van der Waals surface area contributed by atoms with Crippen molar-refractivity contribution in [1.29, 1.82) is 0 Å². The minimum Gasteiger partial charge on any atom is -0.480 e. The van der Waals surface area contributed by atoms with Crippen molar-refractivity contribution in [3.8, 4) is 10.6 Å². The van der Waals surface area contributed by atoms with Crippen LogP contribution >= 0.6 is 11.3 Å². The van der Waals surface area contributed by atoms with Gasteiger partial charge in [0.25, 0.3) is 0 Å². The summed E-state index contributed by atoms with van der Waals surface area (Å²) in [4.78, 5) is 22.5. The summed E-state index contributed by atoms with van der Waals surface area (Å²) >= 11 is 1.76. The highest BCUT2D eigenvalue weighted by molar-refractivity contribution is 7.13. The summed E-state index contributed by atoms with van der Waals surface area (Å²) in [5.74, 6) is 1.05. The van der Waals surface area contributed by atoms with Crippen molar-refractivity contribution in [3.63, 3.8) is 0 Å². The number of hydrogen-bond acceptors (Lipinski definition) is 5. The van der Waals surface area contributed by atoms with Gasteiger partial charge in [0.2, 0.25) is 0 Å². The van der Waals surface area contributed by atoms with Crippen LogP contribution < -0.4 is 0 Å². The summed E-state index contributed by atoms with van der Waals surface area (Å²) < 4.78 is 0. The van der Waals surface area contributed by atoms with Crippen molar-refractivity contribution in [2.75, 3.05) is 32.7 Å². The van der Waals surface area contributed by atoms with E-state index >= 15 is 0 Å². The molecule has 1 N–H and O–H groups in total. The van der Waals surface area contributed by atoms with Crippen molar-refractivity contribution >= 4 is 17.3 Å². The molecule has 3 aromatic rings. The van der Waals surface area contributed by atoms with E-state index in [1.54, 1.807) is 11.3 Å². The van der Waals surface area contributed by atoms with Crippen LogP contribution in [0, 0.1) is 11.8 Å². The Morgan fingerprint density at radius 3 is 2.31 bits per heavy atom. The number of carboxylic acid groups (broad SMARTS) is 1. The number of aliphatic carboxylic acids is 1. The van der Waals surface area contributed by atoms with E-state index in [4.69, 9.17) is 4.98 Å². The van der Waals surface area contributed by atoms with Crippen molar-refractivity contribution in [2.24, 2.45) is 11.8 Å². The molecule has 1 unspecified atom stereocenters. The van der Waals surface area contributed by atoms with E-state index in [-0.39, 0.29) is 6.04 Å². The van der Waals surface area contributed by atoms with Gasteiger partial charge in [0.1, 0.15) is 11.0 Å². The average molecular weight is 544 g/mol. The van der Waals surface area contributed by atoms with Crippen molar-refractivity contribution in [1.82, 2.24) is 14.8 Å². The second kappa shape index (κ2) is 12.3. The fourth-order valence-electron chi connectivity index (χ4n) is 7.43. The number of benzene rings is 2. The van der Waals surface area contributed by atoms with E-state index < -0.39 is 5.97 Å². The molecule has 3 atom stereocenters. The van der Waals surface area contributed by atoms with Gasteiger partial charge in [0.15, 0.2) is 0 Å². The third-order valence-corrected chi connectivity index (χ3v) is 10.4. The second-order valence-electron chi connectivity index (χ2n) is 11.9. The number of aromatic nitrogens is 1. The molecule has 6 rings (SSSR count). The first-order valence-electron chi connectivity index (χ1n) is 14.9. The summed E-state index contributed by atoms with van der Waals surface area (Å²) in [7, 11) is 0. The van der Waals surface area contributed by atoms with Crippen LogP contribution in [0.2, 0.25) is 0 Å². The number of rotatable bonds is 8. The maximum Gasteiger partial charge on any atom is 0.321 e. The van der Waals surface area contributed by atoms with Crippen molar-refractivity contribution in [2.45, 2.75) is 62.8 Å². The molecular weight excluding hydrogens is 502 g/mol. The average Bonchev–Trinajstić information content (AvgIpc) is 3.63. The molecule has 3 fully saturated rings. The first-order chi connectivity index (χ1) is 19.2. The van der Waals surface area contributed by atoms with Gasteiger partial charge >= 0.3 is 5.97 Å². The maximum atomic E-state index is 12.5. The van der Waals surface area contributed by atoms with Gasteiger partial charge in [-0.1, -0.05) is 79.9 Å². The van der Waals surface area contributed by atoms with Crippen LogP contribution in [0.3, 0.4) is 0 Å². The molecule has 6 heteroatoms. The SMILES string of the molecule is O=C(O)[C@@H](C1CCCCC1)N1CC(c2ccccc2)[C@@H](CN2CCC(c3csc(-c4ccccc4)n3)CC2)C1. The predicted molar refractivity (Wildman–Crippen MR) is 158 cm³/mol. The number of piperidine rings is 1. The Kier molecular flexibility index (Phi) is 8.43. The Balaban J connectivity index is 1.12. The molecule has 5 nitrogen and oxygen atoms in total. The maximum absolute atomic E-state index is 12.5. The Morgan fingerprint density at radius 1 is 0.923 bits per heavy atom. The number of nitrogens with zero attached hydrogens (tertiary/aromatic N) is 3. The smallest absolute Gasteiger partial charge is 0.321 e. The first kappa shape index (κ1) is 26.7. The summed E-state index contributed by atoms with van der Waals surface area (Å²) in [5, 5.41) is 13.7. The lowest BCUT2D eigenvalue weighted by Crippen LogP contribution is -2.46. The summed E-state index contributed by atoms with van der Waals surface area (Å²) in [5.41, 5.74) is 3.82. The molecule has 39 heavy (non-hydrogen) atoms. The Morgan fingerprint density at radius 2 is 1.62 bits per heavy atom. The van der Waals surface area contributed by atoms with Crippen LogP contribution in [-0.4, -0.2) is 64.6 Å². The highest BCUT2D eigenvalue weighted by Crippen LogP contribution is 2.39. The number of carboxylic acids is 1. The van der Waals surface area contributed by atoms with Gasteiger partial charge in [-0.3, -0.25) is 9.69 Å². The molecule has 0 spiro atoms. The van der Waals surface area contributed by atoms with E-state index in [2.05, 4.69) is 75.8 Å². The number of carbonyl (C=O) groups is 1. The molecule has 0 amide bonds. The van der Waals surface area contributed by atoms with E-state index in [9.17, 15) is 9.90 Å². The topological polar surface area (TPSA) is 56.7 Å². The molecule has 206 valence electrons. The lowest BCUT2D eigenvalue weighted by atomic mass is 9.83. The highest BCUT2D eigenvalue weighted by atomic mass is 32.1. The van der Waals surface area contributed by atoms with Gasteiger partial charge in [-0.2, -0.15) is 0 Å². The van der Waals surface area contributed by atoms with Gasteiger partial charge < -0.3 is 10.0 Å². The monoisotopic (exact) mass is 543 g/mol. The highest BCUT2D eigenvalue weighted by Gasteiger charge is 2.43. The van der Waals surface area contributed by atoms with Crippen LogP contribution in [0.25, 0.3) is 10.6 Å². The zero-order valence-electron chi connectivity index (χ0n) is 22.8. The lowest BCUT2D eigenvalue weighted by molar-refractivity contribution is -0.145. The molecule has 1 saturated carbocycles. The zero-order chi connectivity index (χ0) is 26.6. The van der Waals surface area contributed by atoms with Gasteiger partial charge in [-0.25, -0.2) is 4.98 Å². The lowest BCUT2D eigenvalue weighted by Gasteiger charge is -2.35. The molecule has 0 bridgehead atoms. The van der Waals surface area contributed by atoms with E-state index in [1.165, 1.54) is 36.1 Å². The minimum atomic E-state index is -0.617. The summed E-state index contributed by atoms with van der Waals surface area (Å²) in [6.07, 6.45) is 8.01. The van der Waals surface area contributed by atoms with E-state index in [0.717, 1.165) is 63.4 Å². The normalized spacial score (nSPS) is 24.6. The van der Waals surface area contributed by atoms with E-state index in [1.807, 2.05) is 0 Å². The van der Waals surface area contributed by atoms with Gasteiger partial charge in [0.05, 0.1) is 5.69 Å². The van der Waals surface area contributed by atoms with E-state index in [0.29, 0.717) is 23.7 Å². The van der Waals surface area contributed by atoms with Gasteiger partial charge in [0, 0.05) is 42.4 Å². The standard InChI is InChI=1S/C33H41N3O2S/c37-33(38)31(26-12-6-2-7-13-26)36-21-28(29(22-36)24-10-4-1-5-11-24)20-35-18-16-25(17-19-35)30-23-39-32(34-30)27-14-8-3-9-15-27/h1,3-5,8-11,14-15,23,25-26,28-29,31H,2,6-7,12-13,16-22H2,(H,37,38)/t28-,29?,31+/m0/s1. The largest absolute Gasteiger partial charge is 0.480 e. The first-order valence-corrected chi connectivity index (χ1v) is 15.8. The van der Waals surface area contributed by atoms with Crippen LogP contribution in [0.1, 0.15) is 68.0 Å².